The SMILES string of the molecule is CCN(C(=O)CCS(C)=O)c1sc(-c2cccnc2)nc1C. The molecule has 2 rings (SSSR count). The number of amides is 1. The summed E-state index contributed by atoms with van der Waals surface area (Å²) < 4.78 is 11.2. The van der Waals surface area contributed by atoms with Crippen LogP contribution >= 0.6 is 11.3 Å². The molecule has 1 unspecified atom stereocenters. The largest absolute Gasteiger partial charge is 0.303 e. The van der Waals surface area contributed by atoms with Crippen LogP contribution in [0.4, 0.5) is 5.00 Å². The van der Waals surface area contributed by atoms with Gasteiger partial charge in [0.1, 0.15) is 10.0 Å². The maximum absolute atomic E-state index is 12.3. The fourth-order valence-corrected chi connectivity index (χ4v) is 3.65. The fraction of sp³-hybridized carbons (Fsp3) is 0.400. The summed E-state index contributed by atoms with van der Waals surface area (Å²) >= 11 is 1.49. The standard InChI is InChI=1S/C15H19N3O2S2/c1-4-18(13(19)7-9-22(3)20)15-11(2)17-14(21-15)12-6-5-8-16-10-12/h5-6,8,10H,4,7,9H2,1-3H3. The highest BCUT2D eigenvalue weighted by Gasteiger charge is 2.20. The van der Waals surface area contributed by atoms with E-state index in [0.29, 0.717) is 12.3 Å². The maximum Gasteiger partial charge on any atom is 0.228 e. The lowest BCUT2D eigenvalue weighted by Crippen LogP contribution is -2.31. The molecule has 0 aliphatic heterocycles. The van der Waals surface area contributed by atoms with Gasteiger partial charge in [-0.3, -0.25) is 14.0 Å². The minimum Gasteiger partial charge on any atom is -0.303 e. The number of anilines is 1. The summed E-state index contributed by atoms with van der Waals surface area (Å²) in [5.74, 6) is 0.380. The molecular weight excluding hydrogens is 318 g/mol. The minimum atomic E-state index is -0.959. The number of hydrogen-bond donors (Lipinski definition) is 0. The van der Waals surface area contributed by atoms with E-state index in [1.807, 2.05) is 26.0 Å². The molecule has 0 radical (unpaired) electrons. The number of hydrogen-bond acceptors (Lipinski definition) is 5. The number of aryl methyl sites for hydroxylation is 1. The van der Waals surface area contributed by atoms with Gasteiger partial charge < -0.3 is 4.90 Å². The molecule has 118 valence electrons. The van der Waals surface area contributed by atoms with Crippen molar-refractivity contribution in [3.63, 3.8) is 0 Å². The Labute approximate surface area is 136 Å². The molecule has 0 fully saturated rings. The number of rotatable bonds is 6. The van der Waals surface area contributed by atoms with Crippen LogP contribution in [0.15, 0.2) is 24.5 Å². The summed E-state index contributed by atoms with van der Waals surface area (Å²) in [6.45, 7) is 4.41. The van der Waals surface area contributed by atoms with Crippen molar-refractivity contribution in [3.05, 3.63) is 30.2 Å². The van der Waals surface area contributed by atoms with Crippen LogP contribution < -0.4 is 4.90 Å². The van der Waals surface area contributed by atoms with Crippen LogP contribution in [0, 0.1) is 6.92 Å². The molecule has 0 bridgehead atoms. The number of pyridine rings is 1. The van der Waals surface area contributed by atoms with Gasteiger partial charge in [-0.25, -0.2) is 4.98 Å². The van der Waals surface area contributed by atoms with Gasteiger partial charge >= 0.3 is 0 Å². The van der Waals surface area contributed by atoms with Crippen molar-refractivity contribution in [2.75, 3.05) is 23.5 Å². The zero-order valence-corrected chi connectivity index (χ0v) is 14.5. The maximum atomic E-state index is 12.3. The molecule has 0 aromatic carbocycles. The Balaban J connectivity index is 2.25. The summed E-state index contributed by atoms with van der Waals surface area (Å²) in [7, 11) is -0.959. The monoisotopic (exact) mass is 337 g/mol. The average Bonchev–Trinajstić information content (AvgIpc) is 2.89. The van der Waals surface area contributed by atoms with Gasteiger partial charge in [0.15, 0.2) is 0 Å². The lowest BCUT2D eigenvalue weighted by atomic mass is 10.3. The van der Waals surface area contributed by atoms with Gasteiger partial charge in [-0.2, -0.15) is 0 Å². The van der Waals surface area contributed by atoms with Gasteiger partial charge in [0.05, 0.1) is 5.69 Å². The van der Waals surface area contributed by atoms with Gasteiger partial charge in [0, 0.05) is 53.7 Å². The first-order valence-electron chi connectivity index (χ1n) is 7.01. The zero-order chi connectivity index (χ0) is 16.1. The van der Waals surface area contributed by atoms with E-state index >= 15 is 0 Å². The number of carbonyl (C=O) groups excluding carboxylic acids is 1. The molecule has 2 heterocycles. The normalized spacial score (nSPS) is 12.1. The van der Waals surface area contributed by atoms with Crippen LogP contribution in [0.2, 0.25) is 0 Å². The molecule has 0 spiro atoms. The summed E-state index contributed by atoms with van der Waals surface area (Å²) in [6.07, 6.45) is 5.39. The smallest absolute Gasteiger partial charge is 0.228 e. The van der Waals surface area contributed by atoms with Gasteiger partial charge in [-0.15, -0.1) is 0 Å². The predicted molar refractivity (Wildman–Crippen MR) is 91.7 cm³/mol. The lowest BCUT2D eigenvalue weighted by Gasteiger charge is -2.19. The summed E-state index contributed by atoms with van der Waals surface area (Å²) in [5, 5.41) is 1.71. The molecular formula is C15H19N3O2S2. The Bertz CT molecular complexity index is 671. The topological polar surface area (TPSA) is 63.2 Å². The van der Waals surface area contributed by atoms with Crippen LogP contribution in [0.25, 0.3) is 10.6 Å². The molecule has 5 nitrogen and oxygen atoms in total. The Hall–Kier alpha value is -1.60. The van der Waals surface area contributed by atoms with Gasteiger partial charge in [0.2, 0.25) is 5.91 Å². The second-order valence-corrected chi connectivity index (χ2v) is 7.35. The number of aromatic nitrogens is 2. The first kappa shape index (κ1) is 16.8. The van der Waals surface area contributed by atoms with Gasteiger partial charge in [-0.05, 0) is 26.0 Å². The molecule has 0 N–H and O–H groups in total. The van der Waals surface area contributed by atoms with E-state index in [9.17, 15) is 9.00 Å². The summed E-state index contributed by atoms with van der Waals surface area (Å²) in [5.41, 5.74) is 1.77. The van der Waals surface area contributed by atoms with Crippen LogP contribution in [0.1, 0.15) is 19.0 Å². The van der Waals surface area contributed by atoms with Crippen molar-refractivity contribution >= 4 is 33.0 Å². The highest BCUT2D eigenvalue weighted by Crippen LogP contribution is 2.34. The Morgan fingerprint density at radius 1 is 1.45 bits per heavy atom. The molecule has 0 saturated heterocycles. The summed E-state index contributed by atoms with van der Waals surface area (Å²) in [4.78, 5) is 22.7. The third-order valence-electron chi connectivity index (χ3n) is 3.15. The molecule has 1 atom stereocenters. The van der Waals surface area contributed by atoms with Crippen LogP contribution in [-0.2, 0) is 15.6 Å². The van der Waals surface area contributed by atoms with Crippen LogP contribution in [0.3, 0.4) is 0 Å². The third kappa shape index (κ3) is 3.98. The van der Waals surface area contributed by atoms with Crippen molar-refractivity contribution in [1.82, 2.24) is 9.97 Å². The predicted octanol–water partition coefficient (Wildman–Crippen LogP) is 2.64. The minimum absolute atomic E-state index is 0.0119. The zero-order valence-electron chi connectivity index (χ0n) is 12.9. The van der Waals surface area contributed by atoms with E-state index in [1.54, 1.807) is 23.5 Å². The lowest BCUT2D eigenvalue weighted by molar-refractivity contribution is -0.118. The average molecular weight is 337 g/mol. The highest BCUT2D eigenvalue weighted by molar-refractivity contribution is 7.84. The molecule has 0 saturated carbocycles. The fourth-order valence-electron chi connectivity index (χ4n) is 2.05. The van der Waals surface area contributed by atoms with Crippen LogP contribution in [-0.4, -0.2) is 38.6 Å². The van der Waals surface area contributed by atoms with E-state index in [0.717, 1.165) is 21.3 Å². The Morgan fingerprint density at radius 2 is 2.23 bits per heavy atom. The summed E-state index contributed by atoms with van der Waals surface area (Å²) in [6, 6.07) is 3.82. The molecule has 2 aromatic heterocycles. The van der Waals surface area contributed by atoms with Crippen molar-refractivity contribution in [2.24, 2.45) is 0 Å². The van der Waals surface area contributed by atoms with Crippen molar-refractivity contribution in [3.8, 4) is 10.6 Å². The number of carbonyl (C=O) groups is 1. The Kier molecular flexibility index (Phi) is 5.79. The third-order valence-corrected chi connectivity index (χ3v) is 5.15. The first-order valence-corrected chi connectivity index (χ1v) is 9.55. The van der Waals surface area contributed by atoms with Crippen molar-refractivity contribution in [1.29, 1.82) is 0 Å². The molecule has 1 amide bonds. The highest BCUT2D eigenvalue weighted by atomic mass is 32.2. The van der Waals surface area contributed by atoms with Gasteiger partial charge in [-0.1, -0.05) is 11.3 Å². The molecule has 0 aliphatic rings. The molecule has 2 aromatic rings. The molecule has 7 heteroatoms. The van der Waals surface area contributed by atoms with E-state index in [-0.39, 0.29) is 12.3 Å². The van der Waals surface area contributed by atoms with E-state index in [1.165, 1.54) is 11.3 Å². The second-order valence-electron chi connectivity index (χ2n) is 4.82. The van der Waals surface area contributed by atoms with E-state index in [2.05, 4.69) is 9.97 Å². The van der Waals surface area contributed by atoms with Crippen LogP contribution in [0.5, 0.6) is 0 Å². The Morgan fingerprint density at radius 3 is 2.82 bits per heavy atom. The number of thiazole rings is 1. The van der Waals surface area contributed by atoms with Crippen molar-refractivity contribution < 1.29 is 9.00 Å². The van der Waals surface area contributed by atoms with Gasteiger partial charge in [0.25, 0.3) is 0 Å². The second kappa shape index (κ2) is 7.60. The van der Waals surface area contributed by atoms with E-state index < -0.39 is 10.8 Å². The number of nitrogens with zero attached hydrogens (tertiary/aromatic N) is 3. The first-order chi connectivity index (χ1) is 10.5. The van der Waals surface area contributed by atoms with E-state index in [4.69, 9.17) is 0 Å². The molecule has 0 aliphatic carbocycles. The molecule has 22 heavy (non-hydrogen) atoms. The van der Waals surface area contributed by atoms with Crippen molar-refractivity contribution in [2.45, 2.75) is 20.3 Å². The quantitative estimate of drug-likeness (QED) is 0.813.